The first-order valence-electron chi connectivity index (χ1n) is 8.96. The maximum Gasteiger partial charge on any atom is 0.307 e. The molecule has 2 aromatic rings. The summed E-state index contributed by atoms with van der Waals surface area (Å²) in [5, 5.41) is 2.81. The summed E-state index contributed by atoms with van der Waals surface area (Å²) in [6.07, 6.45) is -0.906. The van der Waals surface area contributed by atoms with Crippen molar-refractivity contribution in [3.8, 4) is 0 Å². The average molecular weight is 388 g/mol. The second kappa shape index (κ2) is 9.46. The number of benzene rings is 1. The number of hydrogen-bond donors (Lipinski definition) is 1. The molecule has 1 N–H and O–H groups in total. The van der Waals surface area contributed by atoms with E-state index in [9.17, 15) is 14.4 Å². The molecular formula is C21H25NO4S. The van der Waals surface area contributed by atoms with Crippen LogP contribution in [0.2, 0.25) is 0 Å². The van der Waals surface area contributed by atoms with Gasteiger partial charge in [-0.3, -0.25) is 14.4 Å². The fraction of sp³-hybridized carbons (Fsp3) is 0.381. The van der Waals surface area contributed by atoms with Gasteiger partial charge in [-0.05, 0) is 43.5 Å². The number of amides is 1. The number of rotatable bonds is 8. The molecule has 2 rings (SSSR count). The second-order valence-corrected chi connectivity index (χ2v) is 7.98. The number of para-hydroxylation sites is 1. The number of thiophene rings is 1. The first-order chi connectivity index (χ1) is 12.8. The fourth-order valence-corrected chi connectivity index (χ4v) is 3.42. The van der Waals surface area contributed by atoms with E-state index >= 15 is 0 Å². The van der Waals surface area contributed by atoms with Gasteiger partial charge in [0, 0.05) is 17.0 Å². The van der Waals surface area contributed by atoms with Crippen molar-refractivity contribution in [2.24, 2.45) is 0 Å². The van der Waals surface area contributed by atoms with Gasteiger partial charge in [0.25, 0.3) is 5.91 Å². The van der Waals surface area contributed by atoms with Gasteiger partial charge >= 0.3 is 5.97 Å². The van der Waals surface area contributed by atoms with Gasteiger partial charge in [-0.25, -0.2) is 0 Å². The molecule has 1 aromatic heterocycles. The zero-order valence-corrected chi connectivity index (χ0v) is 16.9. The SMILES string of the molecule is Cc1ccc(C(=O)CCC(=O)O[C@@H](C)C(=O)Nc2ccccc2C(C)C)s1. The summed E-state index contributed by atoms with van der Waals surface area (Å²) in [6, 6.07) is 11.2. The lowest BCUT2D eigenvalue weighted by Gasteiger charge is -2.17. The van der Waals surface area contributed by atoms with E-state index in [-0.39, 0.29) is 24.5 Å². The van der Waals surface area contributed by atoms with Crippen LogP contribution >= 0.6 is 11.3 Å². The van der Waals surface area contributed by atoms with Gasteiger partial charge in [0.05, 0.1) is 11.3 Å². The smallest absolute Gasteiger partial charge is 0.307 e. The molecule has 5 nitrogen and oxygen atoms in total. The monoisotopic (exact) mass is 387 g/mol. The topological polar surface area (TPSA) is 72.5 Å². The van der Waals surface area contributed by atoms with Crippen molar-refractivity contribution >= 4 is 34.7 Å². The van der Waals surface area contributed by atoms with Crippen molar-refractivity contribution in [3.63, 3.8) is 0 Å². The largest absolute Gasteiger partial charge is 0.453 e. The van der Waals surface area contributed by atoms with E-state index in [1.54, 1.807) is 6.07 Å². The van der Waals surface area contributed by atoms with Crippen molar-refractivity contribution in [1.29, 1.82) is 0 Å². The predicted octanol–water partition coefficient (Wildman–Crippen LogP) is 4.71. The van der Waals surface area contributed by atoms with Crippen molar-refractivity contribution in [2.45, 2.75) is 52.6 Å². The maximum absolute atomic E-state index is 12.3. The Morgan fingerprint density at radius 2 is 1.74 bits per heavy atom. The summed E-state index contributed by atoms with van der Waals surface area (Å²) in [4.78, 5) is 38.0. The molecule has 0 aliphatic heterocycles. The number of carbonyl (C=O) groups is 3. The molecule has 0 saturated heterocycles. The van der Waals surface area contributed by atoms with E-state index in [2.05, 4.69) is 5.32 Å². The third-order valence-corrected chi connectivity index (χ3v) is 5.13. The Bertz CT molecular complexity index is 825. The van der Waals surface area contributed by atoms with Crippen LogP contribution in [0.15, 0.2) is 36.4 Å². The molecular weight excluding hydrogens is 362 g/mol. The Morgan fingerprint density at radius 3 is 2.37 bits per heavy atom. The molecule has 6 heteroatoms. The van der Waals surface area contributed by atoms with E-state index in [4.69, 9.17) is 4.74 Å². The van der Waals surface area contributed by atoms with Crippen molar-refractivity contribution in [3.05, 3.63) is 51.7 Å². The van der Waals surface area contributed by atoms with Crippen LogP contribution < -0.4 is 5.32 Å². The van der Waals surface area contributed by atoms with Crippen LogP contribution in [0.5, 0.6) is 0 Å². The van der Waals surface area contributed by atoms with Crippen LogP contribution in [0.1, 0.15) is 59.6 Å². The molecule has 1 aromatic carbocycles. The molecule has 0 aliphatic carbocycles. The minimum Gasteiger partial charge on any atom is -0.453 e. The number of aryl methyl sites for hydroxylation is 1. The summed E-state index contributed by atoms with van der Waals surface area (Å²) in [5.74, 6) is -0.785. The van der Waals surface area contributed by atoms with Crippen LogP contribution in [0.4, 0.5) is 5.69 Å². The molecule has 0 spiro atoms. The summed E-state index contributed by atoms with van der Waals surface area (Å²) < 4.78 is 5.18. The fourth-order valence-electron chi connectivity index (χ4n) is 2.58. The Kier molecular flexibility index (Phi) is 7.30. The quantitative estimate of drug-likeness (QED) is 0.526. The minimum atomic E-state index is -0.934. The number of anilines is 1. The number of Topliss-reactive ketones (excluding diaryl/α,β-unsaturated/α-hetero) is 1. The average Bonchev–Trinajstić information content (AvgIpc) is 3.06. The van der Waals surface area contributed by atoms with Crippen LogP contribution in [0, 0.1) is 6.92 Å². The van der Waals surface area contributed by atoms with Gasteiger partial charge in [0.2, 0.25) is 0 Å². The van der Waals surface area contributed by atoms with Gasteiger partial charge in [-0.15, -0.1) is 11.3 Å². The molecule has 1 heterocycles. The summed E-state index contributed by atoms with van der Waals surface area (Å²) in [6.45, 7) is 7.53. The number of nitrogens with one attached hydrogen (secondary N) is 1. The first kappa shape index (κ1) is 20.8. The Labute approximate surface area is 163 Å². The molecule has 1 atom stereocenters. The van der Waals surface area contributed by atoms with Crippen LogP contribution in [0.3, 0.4) is 0 Å². The lowest BCUT2D eigenvalue weighted by Crippen LogP contribution is -2.30. The van der Waals surface area contributed by atoms with Gasteiger partial charge in [0.1, 0.15) is 0 Å². The second-order valence-electron chi connectivity index (χ2n) is 6.70. The molecule has 1 amide bonds. The van der Waals surface area contributed by atoms with Crippen molar-refractivity contribution < 1.29 is 19.1 Å². The zero-order valence-electron chi connectivity index (χ0n) is 16.1. The molecule has 144 valence electrons. The number of esters is 1. The Hall–Kier alpha value is -2.47. The molecule has 0 aliphatic rings. The van der Waals surface area contributed by atoms with Gasteiger partial charge in [-0.1, -0.05) is 32.0 Å². The summed E-state index contributed by atoms with van der Waals surface area (Å²) in [5.41, 5.74) is 1.73. The van der Waals surface area contributed by atoms with E-state index in [1.165, 1.54) is 18.3 Å². The number of ether oxygens (including phenoxy) is 1. The van der Waals surface area contributed by atoms with Crippen LogP contribution in [-0.4, -0.2) is 23.8 Å². The van der Waals surface area contributed by atoms with Gasteiger partial charge in [0.15, 0.2) is 11.9 Å². The standard InChI is InChI=1S/C21H25NO4S/c1-13(2)16-7-5-6-8-17(16)22-21(25)15(4)26-20(24)12-10-18(23)19-11-9-14(3)27-19/h5-9,11,13,15H,10,12H2,1-4H3,(H,22,25)/t15-/m0/s1. The minimum absolute atomic E-state index is 0.0457. The number of hydrogen-bond acceptors (Lipinski definition) is 5. The van der Waals surface area contributed by atoms with E-state index in [0.29, 0.717) is 10.6 Å². The normalized spacial score (nSPS) is 11.9. The lowest BCUT2D eigenvalue weighted by atomic mass is 10.0. The zero-order chi connectivity index (χ0) is 20.0. The van der Waals surface area contributed by atoms with Crippen molar-refractivity contribution in [1.82, 2.24) is 0 Å². The summed E-state index contributed by atoms with van der Waals surface area (Å²) in [7, 11) is 0. The molecule has 0 fully saturated rings. The van der Waals surface area contributed by atoms with Crippen LogP contribution in [0.25, 0.3) is 0 Å². The molecule has 0 saturated carbocycles. The number of ketones is 1. The van der Waals surface area contributed by atoms with E-state index in [1.807, 2.05) is 51.1 Å². The molecule has 0 bridgehead atoms. The molecule has 0 unspecified atom stereocenters. The molecule has 0 radical (unpaired) electrons. The third kappa shape index (κ3) is 6.03. The lowest BCUT2D eigenvalue weighted by molar-refractivity contribution is -0.153. The highest BCUT2D eigenvalue weighted by molar-refractivity contribution is 7.14. The van der Waals surface area contributed by atoms with Gasteiger partial charge < -0.3 is 10.1 Å². The highest BCUT2D eigenvalue weighted by Gasteiger charge is 2.20. The molecule has 27 heavy (non-hydrogen) atoms. The summed E-state index contributed by atoms with van der Waals surface area (Å²) >= 11 is 1.41. The predicted molar refractivity (Wildman–Crippen MR) is 107 cm³/mol. The first-order valence-corrected chi connectivity index (χ1v) is 9.78. The van der Waals surface area contributed by atoms with Crippen LogP contribution in [-0.2, 0) is 14.3 Å². The maximum atomic E-state index is 12.3. The number of carbonyl (C=O) groups excluding carboxylic acids is 3. The third-order valence-electron chi connectivity index (χ3n) is 4.09. The highest BCUT2D eigenvalue weighted by atomic mass is 32.1. The van der Waals surface area contributed by atoms with Crippen molar-refractivity contribution in [2.75, 3.05) is 5.32 Å². The highest BCUT2D eigenvalue weighted by Crippen LogP contribution is 2.24. The van der Waals surface area contributed by atoms with E-state index < -0.39 is 18.0 Å². The van der Waals surface area contributed by atoms with E-state index in [0.717, 1.165) is 10.4 Å². The van der Waals surface area contributed by atoms with Gasteiger partial charge in [-0.2, -0.15) is 0 Å². The Balaban J connectivity index is 1.85. The Morgan fingerprint density at radius 1 is 1.04 bits per heavy atom.